The van der Waals surface area contributed by atoms with Crippen LogP contribution in [0.15, 0.2) is 53.0 Å². The number of carbonyl (C=O) groups excluding carboxylic acids is 2. The Labute approximate surface area is 183 Å². The van der Waals surface area contributed by atoms with Crippen LogP contribution in [0.1, 0.15) is 22.3 Å². The number of halogens is 1. The highest BCUT2D eigenvalue weighted by atomic mass is 79.9. The minimum absolute atomic E-state index is 0.0149. The first kappa shape index (κ1) is 21.9. The molecule has 0 bridgehead atoms. The summed E-state index contributed by atoms with van der Waals surface area (Å²) in [7, 11) is 0. The molecular weight excluding hydrogens is 452 g/mol. The average Bonchev–Trinajstić information content (AvgIpc) is 2.74. The molecule has 1 N–H and O–H groups in total. The summed E-state index contributed by atoms with van der Waals surface area (Å²) >= 11 is 3.33. The summed E-state index contributed by atoms with van der Waals surface area (Å²) in [4.78, 5) is 39.0. The first-order chi connectivity index (χ1) is 14.4. The summed E-state index contributed by atoms with van der Waals surface area (Å²) < 4.78 is 0.902. The molecule has 0 aromatic heterocycles. The minimum Gasteiger partial charge on any atom is -0.352 e. The lowest BCUT2D eigenvalue weighted by atomic mass is 10.1. The summed E-state index contributed by atoms with van der Waals surface area (Å²) in [5, 5.41) is 13.7. The third kappa shape index (κ3) is 6.11. The van der Waals surface area contributed by atoms with Crippen LogP contribution in [0.25, 0.3) is 0 Å². The second-order valence-corrected chi connectivity index (χ2v) is 8.01. The largest absolute Gasteiger partial charge is 0.352 e. The summed E-state index contributed by atoms with van der Waals surface area (Å²) in [6, 6.07) is 13.7. The summed E-state index contributed by atoms with van der Waals surface area (Å²) in [6.45, 7) is 3.54. The fourth-order valence-electron chi connectivity index (χ4n) is 3.33. The van der Waals surface area contributed by atoms with Crippen molar-refractivity contribution in [3.63, 3.8) is 0 Å². The van der Waals surface area contributed by atoms with Gasteiger partial charge in [-0.05, 0) is 29.8 Å². The van der Waals surface area contributed by atoms with Crippen LogP contribution >= 0.6 is 15.9 Å². The van der Waals surface area contributed by atoms with Crippen molar-refractivity contribution in [2.24, 2.45) is 0 Å². The van der Waals surface area contributed by atoms with Gasteiger partial charge in [-0.3, -0.25) is 24.6 Å². The Morgan fingerprint density at radius 3 is 2.43 bits per heavy atom. The zero-order valence-electron chi connectivity index (χ0n) is 16.4. The van der Waals surface area contributed by atoms with E-state index < -0.39 is 4.92 Å². The van der Waals surface area contributed by atoms with Gasteiger partial charge in [0.15, 0.2) is 0 Å². The van der Waals surface area contributed by atoms with Crippen LogP contribution < -0.4 is 5.32 Å². The van der Waals surface area contributed by atoms with Crippen LogP contribution in [0.2, 0.25) is 0 Å². The van der Waals surface area contributed by atoms with Crippen molar-refractivity contribution < 1.29 is 14.5 Å². The number of nitro benzene ring substituents is 1. The van der Waals surface area contributed by atoms with Gasteiger partial charge in [0.1, 0.15) is 0 Å². The Balaban J connectivity index is 1.39. The van der Waals surface area contributed by atoms with Gasteiger partial charge in [0.25, 0.3) is 11.6 Å². The van der Waals surface area contributed by atoms with Crippen molar-refractivity contribution >= 4 is 33.4 Å². The number of amides is 2. The number of benzene rings is 2. The monoisotopic (exact) mass is 474 g/mol. The predicted octanol–water partition coefficient (Wildman–Crippen LogP) is 2.82. The highest BCUT2D eigenvalue weighted by Crippen LogP contribution is 2.16. The molecule has 0 unspecified atom stereocenters. The molecule has 0 aliphatic carbocycles. The molecule has 0 saturated carbocycles. The van der Waals surface area contributed by atoms with Gasteiger partial charge >= 0.3 is 0 Å². The number of hydrogen-bond acceptors (Lipinski definition) is 5. The Morgan fingerprint density at radius 2 is 1.77 bits per heavy atom. The number of non-ortho nitro benzene ring substituents is 1. The quantitative estimate of drug-likeness (QED) is 0.491. The van der Waals surface area contributed by atoms with E-state index in [2.05, 4.69) is 26.1 Å². The van der Waals surface area contributed by atoms with Gasteiger partial charge in [-0.1, -0.05) is 28.1 Å². The normalized spacial score (nSPS) is 14.4. The number of hydrogen-bond donors (Lipinski definition) is 1. The number of rotatable bonds is 7. The third-order valence-electron chi connectivity index (χ3n) is 4.98. The molecule has 158 valence electrons. The molecule has 1 fully saturated rings. The maximum absolute atomic E-state index is 12.4. The SMILES string of the molecule is O=C(NCCC(=O)N1CCN(Cc2cccc([N+](=O)[O-])c2)CC1)c1ccc(Br)cc1. The van der Waals surface area contributed by atoms with E-state index in [-0.39, 0.29) is 23.9 Å². The lowest BCUT2D eigenvalue weighted by molar-refractivity contribution is -0.384. The number of nitro groups is 1. The van der Waals surface area contributed by atoms with E-state index in [0.29, 0.717) is 44.8 Å². The Kier molecular flexibility index (Phi) is 7.53. The van der Waals surface area contributed by atoms with Gasteiger partial charge in [0, 0.05) is 67.9 Å². The van der Waals surface area contributed by atoms with Crippen molar-refractivity contribution in [2.75, 3.05) is 32.7 Å². The van der Waals surface area contributed by atoms with E-state index in [4.69, 9.17) is 0 Å². The van der Waals surface area contributed by atoms with E-state index in [9.17, 15) is 19.7 Å². The molecule has 1 aliphatic rings. The van der Waals surface area contributed by atoms with Crippen LogP contribution in [0, 0.1) is 10.1 Å². The summed E-state index contributed by atoms with van der Waals surface area (Å²) in [5.41, 5.74) is 1.53. The number of nitrogens with zero attached hydrogens (tertiary/aromatic N) is 3. The summed E-state index contributed by atoms with van der Waals surface area (Å²) in [6.07, 6.45) is 0.257. The first-order valence-electron chi connectivity index (χ1n) is 9.69. The van der Waals surface area contributed by atoms with Gasteiger partial charge < -0.3 is 10.2 Å². The standard InChI is InChI=1S/C21H23BrN4O4/c22-18-6-4-17(5-7-18)21(28)23-9-8-20(27)25-12-10-24(11-13-25)15-16-2-1-3-19(14-16)26(29)30/h1-7,14H,8-13,15H2,(H,23,28). The van der Waals surface area contributed by atoms with Gasteiger partial charge in [-0.2, -0.15) is 0 Å². The van der Waals surface area contributed by atoms with Crippen LogP contribution in [0.5, 0.6) is 0 Å². The van der Waals surface area contributed by atoms with E-state index in [0.717, 1.165) is 10.0 Å². The molecule has 1 aliphatic heterocycles. The van der Waals surface area contributed by atoms with Gasteiger partial charge in [-0.25, -0.2) is 0 Å². The predicted molar refractivity (Wildman–Crippen MR) is 116 cm³/mol. The van der Waals surface area contributed by atoms with Crippen molar-refractivity contribution in [1.29, 1.82) is 0 Å². The van der Waals surface area contributed by atoms with E-state index >= 15 is 0 Å². The van der Waals surface area contributed by atoms with Crippen LogP contribution in [-0.4, -0.2) is 59.3 Å². The number of carbonyl (C=O) groups is 2. The van der Waals surface area contributed by atoms with Gasteiger partial charge in [0.05, 0.1) is 4.92 Å². The maximum Gasteiger partial charge on any atom is 0.269 e. The number of nitrogens with one attached hydrogen (secondary N) is 1. The zero-order valence-corrected chi connectivity index (χ0v) is 18.0. The smallest absolute Gasteiger partial charge is 0.269 e. The molecule has 1 heterocycles. The van der Waals surface area contributed by atoms with Crippen LogP contribution in [0.3, 0.4) is 0 Å². The molecule has 9 heteroatoms. The van der Waals surface area contributed by atoms with Crippen molar-refractivity contribution in [1.82, 2.24) is 15.1 Å². The second-order valence-electron chi connectivity index (χ2n) is 7.10. The molecular formula is C21H23BrN4O4. The molecule has 1 saturated heterocycles. The molecule has 0 radical (unpaired) electrons. The maximum atomic E-state index is 12.4. The zero-order chi connectivity index (χ0) is 21.5. The number of piperazine rings is 1. The second kappa shape index (κ2) is 10.3. The third-order valence-corrected chi connectivity index (χ3v) is 5.51. The molecule has 2 aromatic rings. The molecule has 0 atom stereocenters. The van der Waals surface area contributed by atoms with E-state index in [1.54, 1.807) is 41.3 Å². The minimum atomic E-state index is -0.393. The van der Waals surface area contributed by atoms with Crippen molar-refractivity contribution in [3.05, 3.63) is 74.2 Å². The van der Waals surface area contributed by atoms with Crippen molar-refractivity contribution in [2.45, 2.75) is 13.0 Å². The topological polar surface area (TPSA) is 95.8 Å². The van der Waals surface area contributed by atoms with Crippen LogP contribution in [0.4, 0.5) is 5.69 Å². The molecule has 2 amide bonds. The highest BCUT2D eigenvalue weighted by molar-refractivity contribution is 9.10. The van der Waals surface area contributed by atoms with E-state index in [1.807, 2.05) is 6.07 Å². The van der Waals surface area contributed by atoms with Gasteiger partial charge in [-0.15, -0.1) is 0 Å². The average molecular weight is 475 g/mol. The fraction of sp³-hybridized carbons (Fsp3) is 0.333. The fourth-order valence-corrected chi connectivity index (χ4v) is 3.59. The molecule has 30 heavy (non-hydrogen) atoms. The van der Waals surface area contributed by atoms with Crippen LogP contribution in [-0.2, 0) is 11.3 Å². The van der Waals surface area contributed by atoms with Crippen molar-refractivity contribution in [3.8, 4) is 0 Å². The Morgan fingerprint density at radius 1 is 1.07 bits per heavy atom. The molecule has 3 rings (SSSR count). The summed E-state index contributed by atoms with van der Waals surface area (Å²) in [5.74, 6) is -0.182. The lowest BCUT2D eigenvalue weighted by Gasteiger charge is -2.34. The Hall–Kier alpha value is -2.78. The van der Waals surface area contributed by atoms with E-state index in [1.165, 1.54) is 6.07 Å². The first-order valence-corrected chi connectivity index (χ1v) is 10.5. The molecule has 8 nitrogen and oxygen atoms in total. The lowest BCUT2D eigenvalue weighted by Crippen LogP contribution is -2.48. The van der Waals surface area contributed by atoms with Gasteiger partial charge in [0.2, 0.25) is 5.91 Å². The Bertz CT molecular complexity index is 911. The molecule has 2 aromatic carbocycles. The highest BCUT2D eigenvalue weighted by Gasteiger charge is 2.21. The molecule has 0 spiro atoms.